The molecule has 7 nitrogen and oxygen atoms in total. The smallest absolute Gasteiger partial charge is 0.246 e. The Balaban J connectivity index is 1.47. The second kappa shape index (κ2) is 9.43. The van der Waals surface area contributed by atoms with Crippen molar-refractivity contribution < 1.29 is 19.1 Å². The summed E-state index contributed by atoms with van der Waals surface area (Å²) < 4.78 is 11.6. The Morgan fingerprint density at radius 1 is 1.00 bits per heavy atom. The summed E-state index contributed by atoms with van der Waals surface area (Å²) >= 11 is 0. The molecule has 3 aliphatic rings. The molecule has 1 saturated carbocycles. The Kier molecular flexibility index (Phi) is 6.09. The predicted molar refractivity (Wildman–Crippen MR) is 142 cm³/mol. The summed E-state index contributed by atoms with van der Waals surface area (Å²) in [6, 6.07) is 13.3. The number of hydrogen-bond acceptors (Lipinski definition) is 4. The Morgan fingerprint density at radius 3 is 2.54 bits per heavy atom. The number of methoxy groups -OCH3 is 1. The summed E-state index contributed by atoms with van der Waals surface area (Å²) in [5.41, 5.74) is 4.02. The van der Waals surface area contributed by atoms with Gasteiger partial charge in [0.25, 0.3) is 0 Å². The largest absolute Gasteiger partial charge is 0.493 e. The molecule has 1 N–H and O–H groups in total. The van der Waals surface area contributed by atoms with E-state index in [9.17, 15) is 9.59 Å². The van der Waals surface area contributed by atoms with Crippen LogP contribution in [0, 0.1) is 0 Å². The molecular weight excluding hydrogens is 466 g/mol. The number of carbonyl (C=O) groups excluding carboxylic acids is 2. The van der Waals surface area contributed by atoms with Gasteiger partial charge in [-0.15, -0.1) is 0 Å². The van der Waals surface area contributed by atoms with Crippen LogP contribution < -0.4 is 9.47 Å². The number of amides is 2. The standard InChI is InChI=1S/C30H35N3O4/c1-18(2)37-25-14-13-19(15-26(25)36-3)29-28-22(21-11-7-8-12-23(21)31-28)16-24-30(35)32(17-27(34)33(24)29)20-9-5-4-6-10-20/h7-8,11-15,18,20,24,29,31H,4-6,9-10,16-17H2,1-3H3/t24-,29+/m0/s1. The molecule has 0 radical (unpaired) electrons. The fourth-order valence-electron chi connectivity index (χ4n) is 6.54. The average Bonchev–Trinajstić information content (AvgIpc) is 3.28. The lowest BCUT2D eigenvalue weighted by atomic mass is 9.85. The van der Waals surface area contributed by atoms with E-state index in [4.69, 9.17) is 9.47 Å². The minimum Gasteiger partial charge on any atom is -0.493 e. The van der Waals surface area contributed by atoms with Crippen LogP contribution in [0.25, 0.3) is 10.9 Å². The van der Waals surface area contributed by atoms with E-state index in [-0.39, 0.29) is 30.5 Å². The van der Waals surface area contributed by atoms with Crippen molar-refractivity contribution >= 4 is 22.7 Å². The average molecular weight is 502 g/mol. The lowest BCUT2D eigenvalue weighted by Crippen LogP contribution is -2.65. The number of para-hydroxylation sites is 1. The quantitative estimate of drug-likeness (QED) is 0.535. The number of rotatable bonds is 5. The molecule has 194 valence electrons. The Labute approximate surface area is 217 Å². The zero-order chi connectivity index (χ0) is 25.7. The Hall–Kier alpha value is -3.48. The van der Waals surface area contributed by atoms with Crippen molar-refractivity contribution in [1.82, 2.24) is 14.8 Å². The van der Waals surface area contributed by atoms with Crippen molar-refractivity contribution in [3.8, 4) is 11.5 Å². The van der Waals surface area contributed by atoms with Crippen LogP contribution in [0.5, 0.6) is 11.5 Å². The highest BCUT2D eigenvalue weighted by Gasteiger charge is 2.49. The molecule has 2 fully saturated rings. The summed E-state index contributed by atoms with van der Waals surface area (Å²) in [4.78, 5) is 35.2. The molecule has 0 bridgehead atoms. The van der Waals surface area contributed by atoms with Crippen LogP contribution in [0.1, 0.15) is 68.8 Å². The van der Waals surface area contributed by atoms with Gasteiger partial charge in [0, 0.05) is 29.1 Å². The zero-order valence-corrected chi connectivity index (χ0v) is 21.8. The number of nitrogens with one attached hydrogen (secondary N) is 1. The first kappa shape index (κ1) is 23.9. The molecule has 3 heterocycles. The van der Waals surface area contributed by atoms with Gasteiger partial charge in [-0.05, 0) is 56.0 Å². The second-order valence-corrected chi connectivity index (χ2v) is 10.8. The fourth-order valence-corrected chi connectivity index (χ4v) is 6.54. The molecule has 37 heavy (non-hydrogen) atoms. The number of aromatic nitrogens is 1. The highest BCUT2D eigenvalue weighted by molar-refractivity contribution is 5.98. The van der Waals surface area contributed by atoms with Gasteiger partial charge in [-0.2, -0.15) is 0 Å². The molecule has 1 saturated heterocycles. The Bertz CT molecular complexity index is 1340. The van der Waals surface area contributed by atoms with Gasteiger partial charge in [0.05, 0.1) is 19.3 Å². The third kappa shape index (κ3) is 4.05. The molecule has 2 atom stereocenters. The molecule has 3 aromatic rings. The molecule has 0 spiro atoms. The number of ether oxygens (including phenoxy) is 2. The number of nitrogens with zero attached hydrogens (tertiary/aromatic N) is 2. The maximum absolute atomic E-state index is 14.0. The third-order valence-corrected chi connectivity index (χ3v) is 8.17. The Morgan fingerprint density at radius 2 is 1.78 bits per heavy atom. The number of piperazine rings is 1. The number of fused-ring (bicyclic) bond motifs is 4. The van der Waals surface area contributed by atoms with Gasteiger partial charge in [0.2, 0.25) is 11.8 Å². The van der Waals surface area contributed by atoms with Crippen molar-refractivity contribution in [2.75, 3.05) is 13.7 Å². The highest BCUT2D eigenvalue weighted by atomic mass is 16.5. The minimum atomic E-state index is -0.516. The molecule has 7 heteroatoms. The van der Waals surface area contributed by atoms with Gasteiger partial charge < -0.3 is 24.3 Å². The van der Waals surface area contributed by atoms with Gasteiger partial charge >= 0.3 is 0 Å². The minimum absolute atomic E-state index is 0.00551. The summed E-state index contributed by atoms with van der Waals surface area (Å²) in [5, 5.41) is 1.11. The first-order chi connectivity index (χ1) is 18.0. The van der Waals surface area contributed by atoms with E-state index in [0.717, 1.165) is 53.4 Å². The topological polar surface area (TPSA) is 74.9 Å². The van der Waals surface area contributed by atoms with Crippen LogP contribution in [0.15, 0.2) is 42.5 Å². The van der Waals surface area contributed by atoms with Crippen molar-refractivity contribution in [3.05, 3.63) is 59.3 Å². The van der Waals surface area contributed by atoms with E-state index in [1.807, 2.05) is 54.0 Å². The van der Waals surface area contributed by atoms with E-state index in [2.05, 4.69) is 17.1 Å². The molecular formula is C30H35N3O4. The van der Waals surface area contributed by atoms with Crippen LogP contribution >= 0.6 is 0 Å². The summed E-state index contributed by atoms with van der Waals surface area (Å²) in [5.74, 6) is 1.37. The lowest BCUT2D eigenvalue weighted by Gasteiger charge is -2.49. The molecule has 1 aliphatic carbocycles. The van der Waals surface area contributed by atoms with Gasteiger partial charge in [-0.3, -0.25) is 9.59 Å². The molecule has 2 aliphatic heterocycles. The summed E-state index contributed by atoms with van der Waals surface area (Å²) in [7, 11) is 1.63. The van der Waals surface area contributed by atoms with Crippen LogP contribution in [0.2, 0.25) is 0 Å². The first-order valence-corrected chi connectivity index (χ1v) is 13.5. The summed E-state index contributed by atoms with van der Waals surface area (Å²) in [6.07, 6.45) is 5.96. The number of hydrogen-bond donors (Lipinski definition) is 1. The fraction of sp³-hybridized carbons (Fsp3) is 0.467. The van der Waals surface area contributed by atoms with Crippen LogP contribution in [-0.4, -0.2) is 58.4 Å². The lowest BCUT2D eigenvalue weighted by molar-refractivity contribution is -0.161. The number of benzene rings is 2. The predicted octanol–water partition coefficient (Wildman–Crippen LogP) is 4.98. The van der Waals surface area contributed by atoms with Crippen molar-refractivity contribution in [3.63, 3.8) is 0 Å². The maximum atomic E-state index is 14.0. The maximum Gasteiger partial charge on any atom is 0.246 e. The van der Waals surface area contributed by atoms with Gasteiger partial charge in [-0.1, -0.05) is 43.5 Å². The van der Waals surface area contributed by atoms with E-state index < -0.39 is 12.1 Å². The second-order valence-electron chi connectivity index (χ2n) is 10.8. The van der Waals surface area contributed by atoms with E-state index in [0.29, 0.717) is 17.9 Å². The molecule has 2 aromatic carbocycles. The van der Waals surface area contributed by atoms with Crippen molar-refractivity contribution in [2.45, 2.75) is 76.6 Å². The number of aromatic amines is 1. The summed E-state index contributed by atoms with van der Waals surface area (Å²) in [6.45, 7) is 4.11. The van der Waals surface area contributed by atoms with Crippen LogP contribution in [0.4, 0.5) is 0 Å². The highest BCUT2D eigenvalue weighted by Crippen LogP contribution is 2.45. The van der Waals surface area contributed by atoms with E-state index >= 15 is 0 Å². The third-order valence-electron chi connectivity index (χ3n) is 8.17. The normalized spacial score (nSPS) is 22.4. The van der Waals surface area contributed by atoms with Crippen LogP contribution in [-0.2, 0) is 16.0 Å². The molecule has 0 unspecified atom stereocenters. The zero-order valence-electron chi connectivity index (χ0n) is 21.8. The monoisotopic (exact) mass is 501 g/mol. The number of carbonyl (C=O) groups is 2. The molecule has 1 aromatic heterocycles. The van der Waals surface area contributed by atoms with Gasteiger partial charge in [0.1, 0.15) is 12.6 Å². The van der Waals surface area contributed by atoms with Gasteiger partial charge in [-0.25, -0.2) is 0 Å². The SMILES string of the molecule is COc1cc([C@@H]2c3[nH]c4ccccc4c3C[C@H]3C(=O)N(C4CCCCC4)CC(=O)N23)ccc1OC(C)C. The first-order valence-electron chi connectivity index (χ1n) is 13.5. The van der Waals surface area contributed by atoms with Crippen LogP contribution in [0.3, 0.4) is 0 Å². The van der Waals surface area contributed by atoms with E-state index in [1.165, 1.54) is 6.42 Å². The molecule has 2 amide bonds. The molecule has 6 rings (SSSR count). The van der Waals surface area contributed by atoms with Crippen molar-refractivity contribution in [1.29, 1.82) is 0 Å². The number of H-pyrrole nitrogens is 1. The van der Waals surface area contributed by atoms with Gasteiger partial charge in [0.15, 0.2) is 11.5 Å². The van der Waals surface area contributed by atoms with Crippen molar-refractivity contribution in [2.24, 2.45) is 0 Å². The van der Waals surface area contributed by atoms with E-state index in [1.54, 1.807) is 7.11 Å².